The molecule has 0 aliphatic rings. The fourth-order valence-corrected chi connectivity index (χ4v) is 1.99. The van der Waals surface area contributed by atoms with Crippen LogP contribution in [-0.2, 0) is 16.6 Å². The Morgan fingerprint density at radius 1 is 1.56 bits per heavy atom. The molecule has 0 aromatic heterocycles. The summed E-state index contributed by atoms with van der Waals surface area (Å²) in [6.45, 7) is 1.47. The summed E-state index contributed by atoms with van der Waals surface area (Å²) in [7, 11) is -3.58. The van der Waals surface area contributed by atoms with Gasteiger partial charge in [-0.1, -0.05) is 23.7 Å². The first-order valence-electron chi connectivity index (χ1n) is 4.58. The lowest BCUT2D eigenvalue weighted by atomic mass is 10.2. The van der Waals surface area contributed by atoms with Gasteiger partial charge in [-0.05, 0) is 24.6 Å². The lowest BCUT2D eigenvalue weighted by molar-refractivity contribution is 0.577. The largest absolute Gasteiger partial charge is 0.227 e. The van der Waals surface area contributed by atoms with Crippen LogP contribution < -0.4 is 4.72 Å². The monoisotopic (exact) mass is 258 g/mol. The van der Waals surface area contributed by atoms with E-state index in [1.165, 1.54) is 6.92 Å². The van der Waals surface area contributed by atoms with E-state index >= 15 is 0 Å². The van der Waals surface area contributed by atoms with Gasteiger partial charge in [0, 0.05) is 11.6 Å². The molecule has 86 valence electrons. The summed E-state index contributed by atoms with van der Waals surface area (Å²) in [5.74, 6) is 0. The topological polar surface area (TPSA) is 70.0 Å². The van der Waals surface area contributed by atoms with Crippen LogP contribution in [0.4, 0.5) is 0 Å². The maximum Gasteiger partial charge on any atom is 0.227 e. The molecule has 0 aliphatic heterocycles. The summed E-state index contributed by atoms with van der Waals surface area (Å²) in [4.78, 5) is 0. The molecule has 0 bridgehead atoms. The van der Waals surface area contributed by atoms with Gasteiger partial charge >= 0.3 is 0 Å². The van der Waals surface area contributed by atoms with Crippen LogP contribution in [0.1, 0.15) is 12.5 Å². The normalized spacial score (nSPS) is 13.1. The summed E-state index contributed by atoms with van der Waals surface area (Å²) in [6.07, 6.45) is 0. The van der Waals surface area contributed by atoms with Crippen molar-refractivity contribution >= 4 is 21.6 Å². The Hall–Kier alpha value is -1.09. The standard InChI is InChI=1S/C10H11ClN2O2S/c1-8(6-12)16(14,15)13-7-9-3-2-4-10(11)5-9/h2-5,8,13H,7H2,1H3. The number of hydrogen-bond acceptors (Lipinski definition) is 3. The van der Waals surface area contributed by atoms with E-state index in [2.05, 4.69) is 4.72 Å². The second-order valence-corrected chi connectivity index (χ2v) is 5.79. The third-order valence-corrected chi connectivity index (χ3v) is 3.83. The molecule has 1 aromatic carbocycles. The summed E-state index contributed by atoms with van der Waals surface area (Å²) in [5, 5.41) is 8.00. The molecule has 0 saturated heterocycles. The Morgan fingerprint density at radius 2 is 2.25 bits per heavy atom. The van der Waals surface area contributed by atoms with Crippen LogP contribution in [0.5, 0.6) is 0 Å². The van der Waals surface area contributed by atoms with E-state index in [1.807, 2.05) is 0 Å². The Balaban J connectivity index is 2.69. The van der Waals surface area contributed by atoms with E-state index in [1.54, 1.807) is 30.3 Å². The van der Waals surface area contributed by atoms with E-state index < -0.39 is 15.3 Å². The first-order valence-corrected chi connectivity index (χ1v) is 6.50. The molecular formula is C10H11ClN2O2S. The molecule has 0 aliphatic carbocycles. The van der Waals surface area contributed by atoms with Gasteiger partial charge in [0.1, 0.15) is 0 Å². The van der Waals surface area contributed by atoms with E-state index in [4.69, 9.17) is 16.9 Å². The molecule has 0 amide bonds. The number of nitrogens with one attached hydrogen (secondary N) is 1. The fourth-order valence-electron chi connectivity index (χ4n) is 1.03. The smallest absolute Gasteiger partial charge is 0.211 e. The zero-order valence-corrected chi connectivity index (χ0v) is 10.2. The number of hydrogen-bond donors (Lipinski definition) is 1. The highest BCUT2D eigenvalue weighted by Crippen LogP contribution is 2.10. The highest BCUT2D eigenvalue weighted by Gasteiger charge is 2.19. The van der Waals surface area contributed by atoms with E-state index in [-0.39, 0.29) is 6.54 Å². The van der Waals surface area contributed by atoms with Gasteiger partial charge in [-0.3, -0.25) is 0 Å². The predicted octanol–water partition coefficient (Wildman–Crippen LogP) is 1.67. The van der Waals surface area contributed by atoms with Crippen LogP contribution >= 0.6 is 11.6 Å². The Morgan fingerprint density at radius 3 is 2.81 bits per heavy atom. The molecule has 0 heterocycles. The SMILES string of the molecule is CC(C#N)S(=O)(=O)NCc1cccc(Cl)c1. The zero-order valence-electron chi connectivity index (χ0n) is 8.64. The van der Waals surface area contributed by atoms with Gasteiger partial charge in [0.05, 0.1) is 6.07 Å². The predicted molar refractivity (Wildman–Crippen MR) is 62.3 cm³/mol. The van der Waals surface area contributed by atoms with Crippen LogP contribution in [0.2, 0.25) is 5.02 Å². The van der Waals surface area contributed by atoms with Crippen molar-refractivity contribution in [1.82, 2.24) is 4.72 Å². The fraction of sp³-hybridized carbons (Fsp3) is 0.300. The molecule has 1 atom stereocenters. The quantitative estimate of drug-likeness (QED) is 0.893. The third kappa shape index (κ3) is 3.49. The zero-order chi connectivity index (χ0) is 12.2. The van der Waals surface area contributed by atoms with Gasteiger partial charge in [-0.25, -0.2) is 13.1 Å². The lowest BCUT2D eigenvalue weighted by Crippen LogP contribution is -2.31. The summed E-state index contributed by atoms with van der Waals surface area (Å²) in [6, 6.07) is 8.54. The van der Waals surface area contributed by atoms with E-state index in [0.717, 1.165) is 5.56 Å². The molecule has 16 heavy (non-hydrogen) atoms. The van der Waals surface area contributed by atoms with Crippen molar-refractivity contribution in [2.24, 2.45) is 0 Å². The molecule has 0 fully saturated rings. The second kappa shape index (κ2) is 5.30. The van der Waals surface area contributed by atoms with Gasteiger partial charge in [0.2, 0.25) is 10.0 Å². The average Bonchev–Trinajstić information content (AvgIpc) is 2.25. The molecule has 1 N–H and O–H groups in total. The van der Waals surface area contributed by atoms with Crippen LogP contribution in [0.3, 0.4) is 0 Å². The first-order chi connectivity index (χ1) is 7.45. The third-order valence-electron chi connectivity index (χ3n) is 2.01. The van der Waals surface area contributed by atoms with Crippen molar-refractivity contribution in [3.8, 4) is 6.07 Å². The highest BCUT2D eigenvalue weighted by molar-refractivity contribution is 7.90. The summed E-state index contributed by atoms with van der Waals surface area (Å²) < 4.78 is 25.3. The van der Waals surface area contributed by atoms with Gasteiger partial charge in [-0.2, -0.15) is 5.26 Å². The number of sulfonamides is 1. The van der Waals surface area contributed by atoms with Crippen molar-refractivity contribution in [3.63, 3.8) is 0 Å². The van der Waals surface area contributed by atoms with Crippen LogP contribution in [0.15, 0.2) is 24.3 Å². The van der Waals surface area contributed by atoms with E-state index in [9.17, 15) is 8.42 Å². The minimum absolute atomic E-state index is 0.134. The van der Waals surface area contributed by atoms with Crippen molar-refractivity contribution < 1.29 is 8.42 Å². The van der Waals surface area contributed by atoms with Crippen LogP contribution in [-0.4, -0.2) is 13.7 Å². The number of halogens is 1. The highest BCUT2D eigenvalue weighted by atomic mass is 35.5. The number of nitrogens with zero attached hydrogens (tertiary/aromatic N) is 1. The van der Waals surface area contributed by atoms with Crippen molar-refractivity contribution in [2.75, 3.05) is 0 Å². The molecule has 1 aromatic rings. The molecule has 6 heteroatoms. The van der Waals surface area contributed by atoms with Gasteiger partial charge in [0.25, 0.3) is 0 Å². The van der Waals surface area contributed by atoms with Gasteiger partial charge in [-0.15, -0.1) is 0 Å². The Bertz CT molecular complexity index is 508. The molecule has 0 spiro atoms. The van der Waals surface area contributed by atoms with Crippen molar-refractivity contribution in [3.05, 3.63) is 34.9 Å². The van der Waals surface area contributed by atoms with Crippen LogP contribution in [0, 0.1) is 11.3 Å². The molecule has 1 rings (SSSR count). The van der Waals surface area contributed by atoms with Crippen molar-refractivity contribution in [1.29, 1.82) is 5.26 Å². The molecule has 4 nitrogen and oxygen atoms in total. The molecular weight excluding hydrogens is 248 g/mol. The molecule has 1 unspecified atom stereocenters. The number of nitriles is 1. The number of benzene rings is 1. The Labute approximate surface area is 99.9 Å². The molecule has 0 radical (unpaired) electrons. The molecule has 0 saturated carbocycles. The second-order valence-electron chi connectivity index (χ2n) is 3.27. The maximum absolute atomic E-state index is 11.5. The minimum Gasteiger partial charge on any atom is -0.211 e. The summed E-state index contributed by atoms with van der Waals surface area (Å²) >= 11 is 5.76. The lowest BCUT2D eigenvalue weighted by Gasteiger charge is -2.07. The van der Waals surface area contributed by atoms with Crippen molar-refractivity contribution in [2.45, 2.75) is 18.7 Å². The summed E-state index contributed by atoms with van der Waals surface area (Å²) in [5.41, 5.74) is 0.751. The Kier molecular flexibility index (Phi) is 4.30. The average molecular weight is 259 g/mol. The van der Waals surface area contributed by atoms with Crippen LogP contribution in [0.25, 0.3) is 0 Å². The maximum atomic E-state index is 11.5. The van der Waals surface area contributed by atoms with E-state index in [0.29, 0.717) is 5.02 Å². The first kappa shape index (κ1) is 13.0. The van der Waals surface area contributed by atoms with Gasteiger partial charge in [0.15, 0.2) is 5.25 Å². The van der Waals surface area contributed by atoms with Gasteiger partial charge < -0.3 is 0 Å². The minimum atomic E-state index is -3.58. The number of rotatable bonds is 4.